The highest BCUT2D eigenvalue weighted by atomic mass is 35.5. The largest absolute Gasteiger partial charge is 0.476 e. The summed E-state index contributed by atoms with van der Waals surface area (Å²) in [5.41, 5.74) is 1.33. The SMILES string of the molecule is CN(C)c1ccn2c(Cl)c(C(=O)O)nc2c1. The lowest BCUT2D eigenvalue weighted by molar-refractivity contribution is 0.0691. The molecule has 0 bridgehead atoms. The van der Waals surface area contributed by atoms with Crippen LogP contribution in [0.3, 0.4) is 0 Å². The molecule has 84 valence electrons. The summed E-state index contributed by atoms with van der Waals surface area (Å²) in [5.74, 6) is -1.12. The minimum atomic E-state index is -1.12. The fraction of sp³-hybridized carbons (Fsp3) is 0.200. The van der Waals surface area contributed by atoms with Crippen molar-refractivity contribution in [3.8, 4) is 0 Å². The van der Waals surface area contributed by atoms with Gasteiger partial charge in [0.15, 0.2) is 5.69 Å². The Labute approximate surface area is 96.9 Å². The molecule has 0 aliphatic rings. The van der Waals surface area contributed by atoms with Crippen molar-refractivity contribution in [1.82, 2.24) is 9.38 Å². The number of rotatable bonds is 2. The number of pyridine rings is 1. The maximum Gasteiger partial charge on any atom is 0.357 e. The summed E-state index contributed by atoms with van der Waals surface area (Å²) in [7, 11) is 3.79. The number of anilines is 1. The highest BCUT2D eigenvalue weighted by Crippen LogP contribution is 2.21. The van der Waals surface area contributed by atoms with E-state index in [2.05, 4.69) is 4.98 Å². The molecule has 16 heavy (non-hydrogen) atoms. The fourth-order valence-electron chi connectivity index (χ4n) is 1.42. The third-order valence-corrected chi connectivity index (χ3v) is 2.63. The second-order valence-electron chi connectivity index (χ2n) is 3.56. The Kier molecular flexibility index (Phi) is 2.47. The van der Waals surface area contributed by atoms with Gasteiger partial charge in [-0.3, -0.25) is 4.40 Å². The molecule has 2 aromatic heterocycles. The fourth-order valence-corrected chi connectivity index (χ4v) is 1.68. The van der Waals surface area contributed by atoms with Gasteiger partial charge in [-0.15, -0.1) is 0 Å². The third-order valence-electron chi connectivity index (χ3n) is 2.27. The van der Waals surface area contributed by atoms with Crippen molar-refractivity contribution in [2.75, 3.05) is 19.0 Å². The summed E-state index contributed by atoms with van der Waals surface area (Å²) in [6.07, 6.45) is 1.70. The number of hydrogen-bond acceptors (Lipinski definition) is 3. The van der Waals surface area contributed by atoms with Crippen LogP contribution < -0.4 is 4.90 Å². The van der Waals surface area contributed by atoms with Gasteiger partial charge in [0.25, 0.3) is 0 Å². The van der Waals surface area contributed by atoms with E-state index in [-0.39, 0.29) is 10.8 Å². The minimum Gasteiger partial charge on any atom is -0.476 e. The van der Waals surface area contributed by atoms with E-state index in [1.807, 2.05) is 25.1 Å². The van der Waals surface area contributed by atoms with Gasteiger partial charge in [0.05, 0.1) is 0 Å². The molecule has 0 atom stereocenters. The normalized spacial score (nSPS) is 10.7. The van der Waals surface area contributed by atoms with Gasteiger partial charge < -0.3 is 10.0 Å². The van der Waals surface area contributed by atoms with Crippen molar-refractivity contribution in [2.45, 2.75) is 0 Å². The molecule has 0 radical (unpaired) electrons. The molecule has 0 aromatic carbocycles. The molecule has 0 fully saturated rings. The highest BCUT2D eigenvalue weighted by Gasteiger charge is 2.16. The van der Waals surface area contributed by atoms with Crippen LogP contribution in [0.15, 0.2) is 18.3 Å². The quantitative estimate of drug-likeness (QED) is 0.868. The number of carboxylic acid groups (broad SMARTS) is 1. The molecule has 0 saturated heterocycles. The van der Waals surface area contributed by atoms with Crippen molar-refractivity contribution in [3.05, 3.63) is 29.2 Å². The molecule has 6 heteroatoms. The van der Waals surface area contributed by atoms with E-state index in [4.69, 9.17) is 16.7 Å². The molecular formula is C10H10ClN3O2. The number of imidazole rings is 1. The average Bonchev–Trinajstić information content (AvgIpc) is 2.55. The maximum atomic E-state index is 10.8. The van der Waals surface area contributed by atoms with E-state index in [0.29, 0.717) is 5.65 Å². The van der Waals surface area contributed by atoms with Crippen LogP contribution in [0.5, 0.6) is 0 Å². The minimum absolute atomic E-state index is 0.118. The zero-order chi connectivity index (χ0) is 11.9. The third kappa shape index (κ3) is 1.59. The molecule has 0 amide bonds. The summed E-state index contributed by atoms with van der Waals surface area (Å²) in [6.45, 7) is 0. The number of halogens is 1. The van der Waals surface area contributed by atoms with Gasteiger partial charge in [0, 0.05) is 32.0 Å². The molecule has 0 unspecified atom stereocenters. The highest BCUT2D eigenvalue weighted by molar-refractivity contribution is 6.32. The van der Waals surface area contributed by atoms with Crippen LogP contribution in [0.4, 0.5) is 5.69 Å². The predicted molar refractivity (Wildman–Crippen MR) is 61.5 cm³/mol. The molecule has 2 rings (SSSR count). The molecule has 2 aromatic rings. The zero-order valence-corrected chi connectivity index (χ0v) is 9.56. The zero-order valence-electron chi connectivity index (χ0n) is 8.81. The summed E-state index contributed by atoms with van der Waals surface area (Å²) < 4.78 is 1.54. The van der Waals surface area contributed by atoms with E-state index in [1.165, 1.54) is 4.40 Å². The van der Waals surface area contributed by atoms with E-state index < -0.39 is 5.97 Å². The molecule has 0 spiro atoms. The van der Waals surface area contributed by atoms with Gasteiger partial charge in [-0.2, -0.15) is 0 Å². The van der Waals surface area contributed by atoms with Gasteiger partial charge in [0.1, 0.15) is 10.8 Å². The number of carbonyl (C=O) groups is 1. The lowest BCUT2D eigenvalue weighted by atomic mass is 10.4. The predicted octanol–water partition coefficient (Wildman–Crippen LogP) is 1.75. The van der Waals surface area contributed by atoms with E-state index in [0.717, 1.165) is 5.69 Å². The van der Waals surface area contributed by atoms with Crippen LogP contribution in [-0.2, 0) is 0 Å². The van der Waals surface area contributed by atoms with Crippen molar-refractivity contribution in [3.63, 3.8) is 0 Å². The molecule has 0 saturated carbocycles. The van der Waals surface area contributed by atoms with Crippen LogP contribution in [0, 0.1) is 0 Å². The van der Waals surface area contributed by atoms with E-state index in [9.17, 15) is 4.79 Å². The smallest absolute Gasteiger partial charge is 0.357 e. The first-order valence-electron chi connectivity index (χ1n) is 4.59. The van der Waals surface area contributed by atoms with Gasteiger partial charge in [-0.05, 0) is 6.07 Å². The van der Waals surface area contributed by atoms with Crippen molar-refractivity contribution in [2.24, 2.45) is 0 Å². The Morgan fingerprint density at radius 1 is 1.56 bits per heavy atom. The van der Waals surface area contributed by atoms with Crippen molar-refractivity contribution >= 4 is 28.9 Å². The van der Waals surface area contributed by atoms with Gasteiger partial charge in [-0.1, -0.05) is 11.6 Å². The van der Waals surface area contributed by atoms with Gasteiger partial charge in [-0.25, -0.2) is 9.78 Å². The number of nitrogens with zero attached hydrogens (tertiary/aromatic N) is 3. The molecule has 1 N–H and O–H groups in total. The first-order valence-corrected chi connectivity index (χ1v) is 4.96. The Morgan fingerprint density at radius 2 is 2.25 bits per heavy atom. The molecule has 0 aliphatic heterocycles. The van der Waals surface area contributed by atoms with Crippen molar-refractivity contribution < 1.29 is 9.90 Å². The molecule has 5 nitrogen and oxygen atoms in total. The molecule has 0 aliphatic carbocycles. The lowest BCUT2D eigenvalue weighted by Crippen LogP contribution is -2.08. The molecule has 2 heterocycles. The van der Waals surface area contributed by atoms with Crippen molar-refractivity contribution in [1.29, 1.82) is 0 Å². The number of aromatic carboxylic acids is 1. The topological polar surface area (TPSA) is 57.8 Å². The number of carboxylic acids is 1. The van der Waals surface area contributed by atoms with Gasteiger partial charge in [0.2, 0.25) is 0 Å². The first kappa shape index (κ1) is 10.8. The Hall–Kier alpha value is -1.75. The van der Waals surface area contributed by atoms with Crippen LogP contribution in [0.2, 0.25) is 5.15 Å². The first-order chi connectivity index (χ1) is 7.50. The summed E-state index contributed by atoms with van der Waals surface area (Å²) >= 11 is 5.89. The van der Waals surface area contributed by atoms with Crippen LogP contribution >= 0.6 is 11.6 Å². The van der Waals surface area contributed by atoms with Crippen LogP contribution in [0.1, 0.15) is 10.5 Å². The molecular weight excluding hydrogens is 230 g/mol. The summed E-state index contributed by atoms with van der Waals surface area (Å²) in [6, 6.07) is 3.62. The number of hydrogen-bond donors (Lipinski definition) is 1. The lowest BCUT2D eigenvalue weighted by Gasteiger charge is -2.11. The maximum absolute atomic E-state index is 10.8. The number of fused-ring (bicyclic) bond motifs is 1. The second-order valence-corrected chi connectivity index (χ2v) is 3.92. The average molecular weight is 240 g/mol. The Balaban J connectivity index is 2.67. The number of aromatic nitrogens is 2. The Morgan fingerprint density at radius 3 is 2.81 bits per heavy atom. The van der Waals surface area contributed by atoms with Gasteiger partial charge >= 0.3 is 5.97 Å². The van der Waals surface area contributed by atoms with Crippen LogP contribution in [0.25, 0.3) is 5.65 Å². The Bertz CT molecular complexity index is 562. The summed E-state index contributed by atoms with van der Waals surface area (Å²) in [4.78, 5) is 16.7. The summed E-state index contributed by atoms with van der Waals surface area (Å²) in [5, 5.41) is 8.99. The van der Waals surface area contributed by atoms with E-state index in [1.54, 1.807) is 12.3 Å². The standard InChI is InChI=1S/C10H10ClN3O2/c1-13(2)6-3-4-14-7(5-6)12-8(9(14)11)10(15)16/h3-5H,1-2H3,(H,15,16). The second kappa shape index (κ2) is 3.68. The van der Waals surface area contributed by atoms with E-state index >= 15 is 0 Å². The monoisotopic (exact) mass is 239 g/mol. The van der Waals surface area contributed by atoms with Crippen LogP contribution in [-0.4, -0.2) is 34.6 Å².